The van der Waals surface area contributed by atoms with E-state index in [1.165, 1.54) is 12.1 Å². The minimum atomic E-state index is -0.337. The highest BCUT2D eigenvalue weighted by molar-refractivity contribution is 6.04. The summed E-state index contributed by atoms with van der Waals surface area (Å²) in [6, 6.07) is 10.4. The Bertz CT molecular complexity index is 661. The van der Waals surface area contributed by atoms with E-state index in [2.05, 4.69) is 10.2 Å². The molecule has 1 aromatic heterocycles. The average molecular weight is 286 g/mol. The van der Waals surface area contributed by atoms with E-state index in [0.29, 0.717) is 19.5 Å². The van der Waals surface area contributed by atoms with Crippen LogP contribution in [0.2, 0.25) is 0 Å². The summed E-state index contributed by atoms with van der Waals surface area (Å²) in [5.41, 5.74) is 7.26. The number of nitrogens with two attached hydrogens (primary N) is 1. The summed E-state index contributed by atoms with van der Waals surface area (Å²) in [7, 11) is 0. The van der Waals surface area contributed by atoms with Gasteiger partial charge < -0.3 is 10.6 Å². The van der Waals surface area contributed by atoms with Crippen molar-refractivity contribution in [3.63, 3.8) is 0 Å². The van der Waals surface area contributed by atoms with Crippen LogP contribution in [0.25, 0.3) is 0 Å². The molecular weight excluding hydrogens is 268 g/mol. The number of benzene rings is 1. The molecule has 3 N–H and O–H groups in total. The Kier molecular flexibility index (Phi) is 4.84. The Hall–Kier alpha value is -2.47. The van der Waals surface area contributed by atoms with E-state index in [1.807, 2.05) is 31.2 Å². The van der Waals surface area contributed by atoms with Crippen LogP contribution in [-0.4, -0.2) is 29.2 Å². The molecule has 1 heterocycles. The number of aryl methyl sites for hydroxylation is 1. The standard InChI is InChI=1S/C15H18N4O2/c1-11-4-2-5-12(10-11)19(9-3-8-16)15(21)13-6-7-14(20)18-17-13/h2,4-7,10H,3,8-9,16H2,1H3,(H,18,20). The number of amides is 1. The molecule has 0 atom stereocenters. The lowest BCUT2D eigenvalue weighted by molar-refractivity contribution is 0.0981. The quantitative estimate of drug-likeness (QED) is 0.860. The number of nitrogens with zero attached hydrogens (tertiary/aromatic N) is 2. The molecule has 0 aliphatic carbocycles. The average Bonchev–Trinajstić information content (AvgIpc) is 2.48. The molecule has 0 fully saturated rings. The van der Waals surface area contributed by atoms with E-state index in [1.54, 1.807) is 4.90 Å². The number of anilines is 1. The Balaban J connectivity index is 2.33. The van der Waals surface area contributed by atoms with Gasteiger partial charge in [-0.15, -0.1) is 0 Å². The van der Waals surface area contributed by atoms with Crippen molar-refractivity contribution in [1.82, 2.24) is 10.2 Å². The lowest BCUT2D eigenvalue weighted by Crippen LogP contribution is -2.34. The maximum absolute atomic E-state index is 12.6. The van der Waals surface area contributed by atoms with Crippen LogP contribution in [0.3, 0.4) is 0 Å². The van der Waals surface area contributed by atoms with Crippen molar-refractivity contribution in [1.29, 1.82) is 0 Å². The summed E-state index contributed by atoms with van der Waals surface area (Å²) >= 11 is 0. The minimum absolute atomic E-state index is 0.202. The van der Waals surface area contributed by atoms with Crippen LogP contribution in [0.4, 0.5) is 5.69 Å². The zero-order chi connectivity index (χ0) is 15.2. The Labute approximate surface area is 122 Å². The SMILES string of the molecule is Cc1cccc(N(CCCN)C(=O)c2ccc(=O)[nH]n2)c1. The second-order valence-electron chi connectivity index (χ2n) is 4.74. The minimum Gasteiger partial charge on any atom is -0.330 e. The monoisotopic (exact) mass is 286 g/mol. The van der Waals surface area contributed by atoms with Gasteiger partial charge in [-0.25, -0.2) is 5.10 Å². The number of aromatic amines is 1. The molecule has 1 amide bonds. The van der Waals surface area contributed by atoms with Crippen LogP contribution in [0, 0.1) is 6.92 Å². The van der Waals surface area contributed by atoms with E-state index >= 15 is 0 Å². The van der Waals surface area contributed by atoms with E-state index in [0.717, 1.165) is 11.3 Å². The zero-order valence-corrected chi connectivity index (χ0v) is 11.9. The van der Waals surface area contributed by atoms with Crippen molar-refractivity contribution in [2.75, 3.05) is 18.0 Å². The molecule has 6 nitrogen and oxygen atoms in total. The van der Waals surface area contributed by atoms with Crippen LogP contribution < -0.4 is 16.2 Å². The molecule has 0 radical (unpaired) electrons. The van der Waals surface area contributed by atoms with E-state index < -0.39 is 0 Å². The molecule has 0 saturated carbocycles. The van der Waals surface area contributed by atoms with Gasteiger partial charge in [-0.2, -0.15) is 5.10 Å². The Morgan fingerprint density at radius 3 is 2.76 bits per heavy atom. The number of H-pyrrole nitrogens is 1. The number of nitrogens with one attached hydrogen (secondary N) is 1. The highest BCUT2D eigenvalue weighted by Crippen LogP contribution is 2.18. The van der Waals surface area contributed by atoms with Gasteiger partial charge in [-0.1, -0.05) is 12.1 Å². The molecule has 110 valence electrons. The first kappa shape index (κ1) is 14.9. The zero-order valence-electron chi connectivity index (χ0n) is 11.9. The predicted molar refractivity (Wildman–Crippen MR) is 81.4 cm³/mol. The Morgan fingerprint density at radius 2 is 2.14 bits per heavy atom. The first-order chi connectivity index (χ1) is 10.1. The van der Waals surface area contributed by atoms with Crippen molar-refractivity contribution in [2.45, 2.75) is 13.3 Å². The fraction of sp³-hybridized carbons (Fsp3) is 0.267. The van der Waals surface area contributed by atoms with Crippen molar-refractivity contribution in [2.24, 2.45) is 5.73 Å². The molecule has 0 aliphatic heterocycles. The lowest BCUT2D eigenvalue weighted by atomic mass is 10.2. The number of rotatable bonds is 5. The van der Waals surface area contributed by atoms with Crippen molar-refractivity contribution < 1.29 is 4.79 Å². The van der Waals surface area contributed by atoms with Gasteiger partial charge in [0.1, 0.15) is 5.69 Å². The number of hydrogen-bond acceptors (Lipinski definition) is 4. The molecule has 0 spiro atoms. The third kappa shape index (κ3) is 3.76. The van der Waals surface area contributed by atoms with Crippen LogP contribution in [-0.2, 0) is 0 Å². The normalized spacial score (nSPS) is 10.4. The van der Waals surface area contributed by atoms with Crippen LogP contribution in [0.5, 0.6) is 0 Å². The van der Waals surface area contributed by atoms with Gasteiger partial charge >= 0.3 is 0 Å². The molecule has 0 bridgehead atoms. The first-order valence-corrected chi connectivity index (χ1v) is 6.76. The highest BCUT2D eigenvalue weighted by atomic mass is 16.2. The number of carbonyl (C=O) groups excluding carboxylic acids is 1. The molecule has 21 heavy (non-hydrogen) atoms. The number of carbonyl (C=O) groups is 1. The van der Waals surface area contributed by atoms with Crippen LogP contribution >= 0.6 is 0 Å². The fourth-order valence-electron chi connectivity index (χ4n) is 2.00. The van der Waals surface area contributed by atoms with Gasteiger partial charge in [0, 0.05) is 18.3 Å². The fourth-order valence-corrected chi connectivity index (χ4v) is 2.00. The third-order valence-electron chi connectivity index (χ3n) is 3.04. The summed E-state index contributed by atoms with van der Waals surface area (Å²) in [5, 5.41) is 6.07. The smallest absolute Gasteiger partial charge is 0.278 e. The second-order valence-corrected chi connectivity index (χ2v) is 4.74. The molecule has 6 heteroatoms. The molecule has 2 aromatic rings. The topological polar surface area (TPSA) is 92.1 Å². The summed E-state index contributed by atoms with van der Waals surface area (Å²) < 4.78 is 0. The van der Waals surface area contributed by atoms with Crippen molar-refractivity contribution >= 4 is 11.6 Å². The molecular formula is C15H18N4O2. The summed E-state index contributed by atoms with van der Waals surface area (Å²) in [6.45, 7) is 2.96. The van der Waals surface area contributed by atoms with E-state index in [9.17, 15) is 9.59 Å². The first-order valence-electron chi connectivity index (χ1n) is 6.76. The van der Waals surface area contributed by atoms with Crippen LogP contribution in [0.1, 0.15) is 22.5 Å². The predicted octanol–water partition coefficient (Wildman–Crippen LogP) is 1.07. The van der Waals surface area contributed by atoms with Gasteiger partial charge in [-0.05, 0) is 43.7 Å². The summed E-state index contributed by atoms with van der Waals surface area (Å²) in [5.74, 6) is -0.259. The van der Waals surface area contributed by atoms with Gasteiger partial charge in [0.05, 0.1) is 0 Å². The van der Waals surface area contributed by atoms with E-state index in [4.69, 9.17) is 5.73 Å². The van der Waals surface area contributed by atoms with Gasteiger partial charge in [-0.3, -0.25) is 9.59 Å². The number of hydrogen-bond donors (Lipinski definition) is 2. The largest absolute Gasteiger partial charge is 0.330 e. The second kappa shape index (κ2) is 6.81. The maximum atomic E-state index is 12.6. The summed E-state index contributed by atoms with van der Waals surface area (Å²) in [6.07, 6.45) is 0.684. The van der Waals surface area contributed by atoms with E-state index in [-0.39, 0.29) is 17.2 Å². The molecule has 0 saturated heterocycles. The molecule has 0 aliphatic rings. The van der Waals surface area contributed by atoms with Crippen LogP contribution in [0.15, 0.2) is 41.2 Å². The summed E-state index contributed by atoms with van der Waals surface area (Å²) in [4.78, 5) is 25.2. The molecule has 2 rings (SSSR count). The molecule has 0 unspecified atom stereocenters. The Morgan fingerprint density at radius 1 is 1.33 bits per heavy atom. The van der Waals surface area contributed by atoms with Crippen molar-refractivity contribution in [3.05, 3.63) is 58.0 Å². The molecule has 1 aromatic carbocycles. The van der Waals surface area contributed by atoms with Crippen molar-refractivity contribution in [3.8, 4) is 0 Å². The number of aromatic nitrogens is 2. The van der Waals surface area contributed by atoms with Gasteiger partial charge in [0.25, 0.3) is 11.5 Å². The van der Waals surface area contributed by atoms with Gasteiger partial charge in [0.15, 0.2) is 0 Å². The highest BCUT2D eigenvalue weighted by Gasteiger charge is 2.18. The maximum Gasteiger partial charge on any atom is 0.278 e. The lowest BCUT2D eigenvalue weighted by Gasteiger charge is -2.22. The van der Waals surface area contributed by atoms with Gasteiger partial charge in [0.2, 0.25) is 0 Å². The third-order valence-corrected chi connectivity index (χ3v) is 3.04.